The Kier molecular flexibility index (Phi) is 25.5. The zero-order valence-electron chi connectivity index (χ0n) is 79.9. The molecule has 4 aromatic carbocycles. The van der Waals surface area contributed by atoms with E-state index in [-0.39, 0.29) is 126 Å². The first-order valence-electron chi connectivity index (χ1n) is 50.6. The lowest BCUT2D eigenvalue weighted by molar-refractivity contribution is -0.138. The summed E-state index contributed by atoms with van der Waals surface area (Å²) in [6.07, 6.45) is 18.6. The number of hydrogen-bond acceptors (Lipinski definition) is 9. The third-order valence-corrected chi connectivity index (χ3v) is 40.5. The predicted molar refractivity (Wildman–Crippen MR) is 499 cm³/mol. The van der Waals surface area contributed by atoms with Gasteiger partial charge in [-0.25, -0.2) is 0 Å². The van der Waals surface area contributed by atoms with Crippen LogP contribution in [0.1, 0.15) is 277 Å². The molecule has 137 heavy (non-hydrogen) atoms. The van der Waals surface area contributed by atoms with Crippen molar-refractivity contribution in [2.24, 2.45) is 149 Å². The van der Waals surface area contributed by atoms with Gasteiger partial charge in [0.1, 0.15) is 0 Å². The fraction of sp³-hybridized carbons (Fsp3) is 0.625. The van der Waals surface area contributed by atoms with Crippen LogP contribution >= 0.6 is 0 Å². The van der Waals surface area contributed by atoms with Gasteiger partial charge in [-0.15, -0.1) is 0 Å². The van der Waals surface area contributed by atoms with Gasteiger partial charge in [-0.05, 0) is 420 Å². The number of rotatable bonds is 9. The topological polar surface area (TPSA) is 205 Å². The minimum Gasteiger partial charge on any atom is -0.396 e. The maximum absolute atomic E-state index is 13.4. The van der Waals surface area contributed by atoms with Crippen LogP contribution in [0.4, 0.5) is 75.4 Å². The van der Waals surface area contributed by atoms with Gasteiger partial charge in [0.25, 0.3) is 0 Å². The Bertz CT molecular complexity index is 5570. The van der Waals surface area contributed by atoms with E-state index in [1.54, 1.807) is 0 Å². The predicted octanol–water partition coefficient (Wildman–Crippen LogP) is 26.9. The Morgan fingerprint density at radius 1 is 0.343 bits per heavy atom. The van der Waals surface area contributed by atoms with Crippen LogP contribution in [0.3, 0.4) is 0 Å². The summed E-state index contributed by atoms with van der Waals surface area (Å²) in [5, 5.41) is 21.8. The summed E-state index contributed by atoms with van der Waals surface area (Å²) < 4.78 is 154. The average Bonchev–Trinajstić information content (AvgIpc) is 1.53. The van der Waals surface area contributed by atoms with Crippen LogP contribution in [-0.4, -0.2) is 58.5 Å². The number of fused-ring (bicyclic) bond motifs is 21. The summed E-state index contributed by atoms with van der Waals surface area (Å²) in [4.78, 5) is 102. The van der Waals surface area contributed by atoms with Crippen LogP contribution in [0.2, 0.25) is 0 Å². The van der Waals surface area contributed by atoms with Crippen molar-refractivity contribution in [1.82, 2.24) is 0 Å². The van der Waals surface area contributed by atoms with Crippen LogP contribution in [-0.2, 0) is 63.1 Å². The maximum atomic E-state index is 13.4. The van der Waals surface area contributed by atoms with Gasteiger partial charge in [0, 0.05) is 84.6 Å². The number of alkyl halides is 12. The second-order valence-electron chi connectivity index (χ2n) is 46.8. The number of carbonyl (C=O) groups excluding carboxylic acids is 8. The second-order valence-corrected chi connectivity index (χ2v) is 46.8. The molecule has 25 heteroatoms. The summed E-state index contributed by atoms with van der Waals surface area (Å²) >= 11 is 0. The zero-order valence-corrected chi connectivity index (χ0v) is 79.9. The van der Waals surface area contributed by atoms with Crippen molar-refractivity contribution in [2.45, 2.75) is 279 Å². The van der Waals surface area contributed by atoms with Crippen LogP contribution in [0.25, 0.3) is 0 Å². The maximum Gasteiger partial charge on any atom is 0.416 e. The molecule has 25 atom stereocenters. The molecule has 0 radical (unpaired) electrons. The van der Waals surface area contributed by atoms with E-state index in [0.717, 1.165) is 226 Å². The number of aliphatic hydroxyl groups is 1. The number of ketones is 4. The van der Waals surface area contributed by atoms with Gasteiger partial charge in [0.15, 0.2) is 23.1 Å². The number of aliphatic hydroxyl groups excluding tert-OH is 1. The van der Waals surface area contributed by atoms with Crippen molar-refractivity contribution in [3.63, 3.8) is 0 Å². The first-order valence-corrected chi connectivity index (χ1v) is 50.6. The molecule has 21 rings (SSSR count). The highest BCUT2D eigenvalue weighted by Crippen LogP contribution is 2.77. The summed E-state index contributed by atoms with van der Waals surface area (Å²) in [5.74, 6) is 5.80. The number of carbonyl (C=O) groups is 8. The molecule has 1 spiro atoms. The van der Waals surface area contributed by atoms with E-state index in [4.69, 9.17) is 0 Å². The van der Waals surface area contributed by atoms with E-state index in [0.29, 0.717) is 125 Å². The molecule has 13 saturated carbocycles. The fourth-order valence-corrected chi connectivity index (χ4v) is 33.3. The van der Waals surface area contributed by atoms with E-state index in [1.165, 1.54) is 72.5 Å². The molecule has 13 nitrogen and oxygen atoms in total. The van der Waals surface area contributed by atoms with Gasteiger partial charge in [0.05, 0.1) is 22.3 Å². The molecule has 13 unspecified atom stereocenters. The number of benzene rings is 4. The Labute approximate surface area is 795 Å². The molecule has 4 amide bonds. The first-order chi connectivity index (χ1) is 64.4. The molecule has 0 saturated heterocycles. The van der Waals surface area contributed by atoms with Crippen LogP contribution in [0.5, 0.6) is 0 Å². The molecule has 4 aromatic rings. The second kappa shape index (κ2) is 35.4. The molecule has 0 aromatic heterocycles. The molecule has 5 N–H and O–H groups in total. The number of nitrogens with one attached hydrogen (secondary N) is 4. The van der Waals surface area contributed by atoms with Gasteiger partial charge in [0.2, 0.25) is 23.6 Å². The Balaban J connectivity index is 0.000000122. The van der Waals surface area contributed by atoms with Crippen molar-refractivity contribution in [2.75, 3.05) is 27.9 Å². The summed E-state index contributed by atoms with van der Waals surface area (Å²) in [7, 11) is 0. The van der Waals surface area contributed by atoms with E-state index in [9.17, 15) is 96.1 Å². The average molecular weight is 1910 g/mol. The summed E-state index contributed by atoms with van der Waals surface area (Å²) in [5.41, 5.74) is 4.76. The molecular formula is C112H132F12N4O9. The number of anilines is 4. The number of halogens is 12. The third-order valence-electron chi connectivity index (χ3n) is 40.5. The minimum atomic E-state index is -4.41. The minimum absolute atomic E-state index is 0.00660. The Morgan fingerprint density at radius 2 is 0.664 bits per heavy atom. The fourth-order valence-electron chi connectivity index (χ4n) is 33.3. The summed E-state index contributed by atoms with van der Waals surface area (Å²) in [6.45, 7) is 22.7. The van der Waals surface area contributed by atoms with Crippen molar-refractivity contribution in [3.8, 4) is 0 Å². The van der Waals surface area contributed by atoms with Gasteiger partial charge >= 0.3 is 24.7 Å². The van der Waals surface area contributed by atoms with Crippen molar-refractivity contribution < 1.29 is 96.1 Å². The Morgan fingerprint density at radius 3 is 1.05 bits per heavy atom. The molecule has 0 aliphatic heterocycles. The standard InChI is InChI=1S/C29H34F3NO2.C28H34F3NO3.C28H32F3NO2.C27H32F3NO2/c1-26-12-10-22-20(16-28(13-14-28)24-15-19(34)9-11-27(22,24)2)21(26)7-8-23(26)25(35)33-18-5-3-17(4-6-18)29(30,31)32;1-26-12-10-22-20(13-16(15-33)24-14-19(34)9-11-27(22,24)2)21(26)7-8-23(26)25(35)32-18-5-3-17(4-6-18)28(29,30)31;1-16-14-20-21-8-9-23(25(34)32-18-6-4-17(5-7-18)28(29,30)31)26(21,2)13-11-22(20)27(3)12-10-19(33)15-24(16)27;1-25-13-11-19(32)15-17(25)5-8-20-21-9-10-23(26(21,2)14-12-22(20)25)24(33)31-18-6-3-16(4-7-18)27(28,29)30/h3-6,15,20-23H,7-14,16H2,1-2H3,(H,33,35);3-6,14,16,20-23,33H,7-13,15H2,1-2H3,(H,32,35);4-7,15,20-23H,1,8-14H2,2-3H3,(H,32,34);3-4,6-7,15,20-23H,5,8-14H2,1-2H3,(H,31,33)/t20?,21?,22?,23-,26+,27-;16?,20?,21?,22?,23-,26+,27-;20?,21?,22?,23-,26+,27-;20?,21?,22?,23-,25+,26+/m1111/s1. The normalized spacial score (nSPS) is 38.4. The van der Waals surface area contributed by atoms with E-state index < -0.39 is 47.0 Å². The lowest BCUT2D eigenvalue weighted by Gasteiger charge is -2.60. The van der Waals surface area contributed by atoms with Crippen molar-refractivity contribution in [3.05, 3.63) is 178 Å². The molecule has 17 aliphatic rings. The lowest BCUT2D eigenvalue weighted by atomic mass is 9.44. The quantitative estimate of drug-likeness (QED) is 0.101. The van der Waals surface area contributed by atoms with Crippen molar-refractivity contribution >= 4 is 69.5 Å². The van der Waals surface area contributed by atoms with Gasteiger partial charge in [-0.1, -0.05) is 84.3 Å². The summed E-state index contributed by atoms with van der Waals surface area (Å²) in [6, 6.07) is 18.8. The highest BCUT2D eigenvalue weighted by atomic mass is 19.4. The number of amides is 4. The first kappa shape index (κ1) is 98.4. The highest BCUT2D eigenvalue weighted by Gasteiger charge is 2.69. The van der Waals surface area contributed by atoms with Crippen LogP contribution < -0.4 is 21.3 Å². The van der Waals surface area contributed by atoms with Gasteiger partial charge in [-0.3, -0.25) is 38.4 Å². The van der Waals surface area contributed by atoms with Gasteiger partial charge in [-0.2, -0.15) is 52.7 Å². The molecule has 13 fully saturated rings. The Hall–Kier alpha value is -8.74. The third kappa shape index (κ3) is 17.5. The van der Waals surface area contributed by atoms with E-state index in [2.05, 4.69) is 83.2 Å². The van der Waals surface area contributed by atoms with E-state index >= 15 is 0 Å². The molecule has 0 heterocycles. The van der Waals surface area contributed by atoms with Crippen LogP contribution in [0, 0.1) is 149 Å². The molecule has 738 valence electrons. The smallest absolute Gasteiger partial charge is 0.396 e. The number of allylic oxidation sites excluding steroid dienone is 4. The van der Waals surface area contributed by atoms with Crippen molar-refractivity contribution in [1.29, 1.82) is 0 Å². The van der Waals surface area contributed by atoms with Gasteiger partial charge < -0.3 is 26.4 Å². The molecule has 0 bridgehead atoms. The largest absolute Gasteiger partial charge is 0.416 e. The number of hydrogen-bond donors (Lipinski definition) is 5. The zero-order chi connectivity index (χ0) is 98.0. The monoisotopic (exact) mass is 1900 g/mol. The molecular weight excluding hydrogens is 1770 g/mol. The lowest BCUT2D eigenvalue weighted by Crippen LogP contribution is -2.53. The van der Waals surface area contributed by atoms with E-state index in [1.807, 2.05) is 24.3 Å². The highest BCUT2D eigenvalue weighted by molar-refractivity contribution is 5.97. The SMILES string of the molecule is C=C1CC2C(CC[C@@]3(C)C2CC[C@@H]3C(=O)Nc2ccc(C(F)(F)F)cc2)[C@@]2(C)CCC(=O)C=C12.C[C@]12CCC(=O)C=C1C(CO)CC1C2CC[C@@]2(C)C1CC[C@@H]2C(=O)Nc1ccc(C(F)(F)F)cc1.C[C@]12CCC(=O)C=C1C1(CC1)CC1C2CC[C@@]2(C)C1CC[C@@H]2C(=O)Nc1ccc(C(F)(F)F)cc1.C[C@]12CCC(=O)C=C1CCC1C2CC[C@@]2(C)C1CC[C@@H]2C(=O)Nc1ccc(C(F)(F)F)cc1. The van der Waals surface area contributed by atoms with Crippen LogP contribution in [0.15, 0.2) is 156 Å². The molecule has 17 aliphatic carbocycles.